The van der Waals surface area contributed by atoms with Crippen LogP contribution in [0.2, 0.25) is 0 Å². The van der Waals surface area contributed by atoms with Crippen molar-refractivity contribution in [3.05, 3.63) is 35.9 Å². The Morgan fingerprint density at radius 2 is 1.88 bits per heavy atom. The SMILES string of the molecule is CCC(C(=O)OC1CCCCC1)N1C(=O)NC(c2ccccc2)C1=O. The van der Waals surface area contributed by atoms with E-state index in [0.717, 1.165) is 37.0 Å². The molecule has 134 valence electrons. The van der Waals surface area contributed by atoms with Gasteiger partial charge < -0.3 is 10.1 Å². The van der Waals surface area contributed by atoms with Gasteiger partial charge in [-0.3, -0.25) is 4.79 Å². The quantitative estimate of drug-likeness (QED) is 0.658. The second kappa shape index (κ2) is 7.68. The number of carbonyl (C=O) groups is 3. The second-order valence-corrected chi connectivity index (χ2v) is 6.62. The minimum atomic E-state index is -0.872. The highest BCUT2D eigenvalue weighted by Gasteiger charge is 2.45. The molecule has 0 spiro atoms. The van der Waals surface area contributed by atoms with Crippen molar-refractivity contribution in [3.8, 4) is 0 Å². The molecule has 1 aromatic carbocycles. The zero-order chi connectivity index (χ0) is 17.8. The summed E-state index contributed by atoms with van der Waals surface area (Å²) in [5, 5.41) is 2.67. The van der Waals surface area contributed by atoms with Crippen molar-refractivity contribution in [2.75, 3.05) is 0 Å². The minimum Gasteiger partial charge on any atom is -0.461 e. The van der Waals surface area contributed by atoms with E-state index >= 15 is 0 Å². The fourth-order valence-electron chi connectivity index (χ4n) is 3.54. The van der Waals surface area contributed by atoms with Gasteiger partial charge in [0, 0.05) is 0 Å². The normalized spacial score (nSPS) is 22.6. The van der Waals surface area contributed by atoms with E-state index < -0.39 is 30.0 Å². The first-order valence-electron chi connectivity index (χ1n) is 9.00. The lowest BCUT2D eigenvalue weighted by atomic mass is 9.98. The van der Waals surface area contributed by atoms with Crippen molar-refractivity contribution >= 4 is 17.9 Å². The lowest BCUT2D eigenvalue weighted by molar-refractivity contribution is -0.158. The summed E-state index contributed by atoms with van der Waals surface area (Å²) in [4.78, 5) is 38.7. The zero-order valence-electron chi connectivity index (χ0n) is 14.4. The van der Waals surface area contributed by atoms with Crippen LogP contribution in [0.5, 0.6) is 0 Å². The molecule has 1 aliphatic carbocycles. The zero-order valence-corrected chi connectivity index (χ0v) is 14.4. The Hall–Kier alpha value is -2.37. The van der Waals surface area contributed by atoms with Gasteiger partial charge in [0.05, 0.1) is 0 Å². The summed E-state index contributed by atoms with van der Waals surface area (Å²) in [6.45, 7) is 1.78. The Kier molecular flexibility index (Phi) is 5.36. The van der Waals surface area contributed by atoms with Crippen molar-refractivity contribution in [2.45, 2.75) is 63.6 Å². The third kappa shape index (κ3) is 3.67. The van der Waals surface area contributed by atoms with E-state index in [-0.39, 0.29) is 6.10 Å². The molecule has 2 fully saturated rings. The van der Waals surface area contributed by atoms with Gasteiger partial charge in [-0.05, 0) is 37.7 Å². The first kappa shape index (κ1) is 17.5. The molecule has 0 aromatic heterocycles. The molecule has 1 saturated carbocycles. The van der Waals surface area contributed by atoms with Crippen molar-refractivity contribution in [3.63, 3.8) is 0 Å². The molecule has 6 nitrogen and oxygen atoms in total. The molecule has 1 heterocycles. The average molecular weight is 344 g/mol. The van der Waals surface area contributed by atoms with Crippen molar-refractivity contribution < 1.29 is 19.1 Å². The molecular weight excluding hydrogens is 320 g/mol. The Morgan fingerprint density at radius 1 is 1.20 bits per heavy atom. The number of esters is 1. The van der Waals surface area contributed by atoms with Gasteiger partial charge in [-0.25, -0.2) is 14.5 Å². The van der Waals surface area contributed by atoms with Crippen molar-refractivity contribution in [1.82, 2.24) is 10.2 Å². The van der Waals surface area contributed by atoms with E-state index in [1.54, 1.807) is 19.1 Å². The van der Waals surface area contributed by atoms with Gasteiger partial charge in [-0.15, -0.1) is 0 Å². The molecule has 1 N–H and O–H groups in total. The highest BCUT2D eigenvalue weighted by atomic mass is 16.5. The number of carbonyl (C=O) groups excluding carboxylic acids is 3. The van der Waals surface area contributed by atoms with E-state index in [4.69, 9.17) is 4.74 Å². The molecule has 3 rings (SSSR count). The number of rotatable bonds is 5. The number of nitrogens with zero attached hydrogens (tertiary/aromatic N) is 1. The van der Waals surface area contributed by atoms with Crippen LogP contribution < -0.4 is 5.32 Å². The molecule has 1 saturated heterocycles. The third-order valence-electron chi connectivity index (χ3n) is 4.91. The van der Waals surface area contributed by atoms with E-state index in [2.05, 4.69) is 5.32 Å². The van der Waals surface area contributed by atoms with Crippen LogP contribution in [0.25, 0.3) is 0 Å². The first-order chi connectivity index (χ1) is 12.1. The summed E-state index contributed by atoms with van der Waals surface area (Å²) in [6, 6.07) is 6.89. The number of ether oxygens (including phenoxy) is 1. The highest BCUT2D eigenvalue weighted by molar-refractivity contribution is 6.07. The number of urea groups is 1. The van der Waals surface area contributed by atoms with Gasteiger partial charge in [0.2, 0.25) is 0 Å². The summed E-state index contributed by atoms with van der Waals surface area (Å²) < 4.78 is 5.58. The summed E-state index contributed by atoms with van der Waals surface area (Å²) >= 11 is 0. The number of imide groups is 1. The number of benzene rings is 1. The van der Waals surface area contributed by atoms with E-state index in [0.29, 0.717) is 12.0 Å². The molecule has 6 heteroatoms. The fourth-order valence-corrected chi connectivity index (χ4v) is 3.54. The Labute approximate surface area is 147 Å². The lowest BCUT2D eigenvalue weighted by Gasteiger charge is -2.27. The third-order valence-corrected chi connectivity index (χ3v) is 4.91. The van der Waals surface area contributed by atoms with Crippen LogP contribution in [-0.2, 0) is 14.3 Å². The molecule has 1 aromatic rings. The predicted molar refractivity (Wildman–Crippen MR) is 91.6 cm³/mol. The lowest BCUT2D eigenvalue weighted by Crippen LogP contribution is -2.46. The summed E-state index contributed by atoms with van der Waals surface area (Å²) in [7, 11) is 0. The predicted octanol–water partition coefficient (Wildman–Crippen LogP) is 2.93. The molecule has 2 atom stereocenters. The maximum atomic E-state index is 12.7. The number of amides is 3. The number of nitrogens with one attached hydrogen (secondary N) is 1. The molecule has 2 aliphatic rings. The molecule has 0 bridgehead atoms. The van der Waals surface area contributed by atoms with Crippen LogP contribution in [0.3, 0.4) is 0 Å². The minimum absolute atomic E-state index is 0.0963. The standard InChI is InChI=1S/C19H24N2O4/c1-2-15(18(23)25-14-11-7-4-8-12-14)21-17(22)16(20-19(21)24)13-9-5-3-6-10-13/h3,5-6,9-10,14-16H,2,4,7-8,11-12H2,1H3,(H,20,24). The van der Waals surface area contributed by atoms with Gasteiger partial charge >= 0.3 is 12.0 Å². The number of hydrogen-bond acceptors (Lipinski definition) is 4. The van der Waals surface area contributed by atoms with E-state index in [9.17, 15) is 14.4 Å². The van der Waals surface area contributed by atoms with Crippen molar-refractivity contribution in [1.29, 1.82) is 0 Å². The first-order valence-corrected chi connectivity index (χ1v) is 9.00. The number of hydrogen-bond donors (Lipinski definition) is 1. The summed E-state index contributed by atoms with van der Waals surface area (Å²) in [5.74, 6) is -0.879. The second-order valence-electron chi connectivity index (χ2n) is 6.62. The van der Waals surface area contributed by atoms with Gasteiger partial charge in [-0.2, -0.15) is 0 Å². The Balaban J connectivity index is 1.72. The van der Waals surface area contributed by atoms with E-state index in [1.165, 1.54) is 0 Å². The molecule has 2 unspecified atom stereocenters. The summed E-state index contributed by atoms with van der Waals surface area (Å²) in [6.07, 6.45) is 5.22. The molecule has 3 amide bonds. The highest BCUT2D eigenvalue weighted by Crippen LogP contribution is 2.26. The largest absolute Gasteiger partial charge is 0.461 e. The van der Waals surface area contributed by atoms with Gasteiger partial charge in [0.15, 0.2) is 0 Å². The van der Waals surface area contributed by atoms with Crippen molar-refractivity contribution in [2.24, 2.45) is 0 Å². The Morgan fingerprint density at radius 3 is 2.52 bits per heavy atom. The van der Waals surface area contributed by atoms with Crippen LogP contribution in [-0.4, -0.2) is 35.0 Å². The smallest absolute Gasteiger partial charge is 0.329 e. The maximum Gasteiger partial charge on any atom is 0.329 e. The van der Waals surface area contributed by atoms with Gasteiger partial charge in [-0.1, -0.05) is 43.7 Å². The average Bonchev–Trinajstić information content (AvgIpc) is 2.93. The van der Waals surface area contributed by atoms with Crippen LogP contribution >= 0.6 is 0 Å². The molecule has 0 radical (unpaired) electrons. The molecule has 25 heavy (non-hydrogen) atoms. The van der Waals surface area contributed by atoms with E-state index in [1.807, 2.05) is 18.2 Å². The van der Waals surface area contributed by atoms with Gasteiger partial charge in [0.1, 0.15) is 18.2 Å². The van der Waals surface area contributed by atoms with Crippen LogP contribution in [0.4, 0.5) is 4.79 Å². The summed E-state index contributed by atoms with van der Waals surface area (Å²) in [5.41, 5.74) is 0.707. The molecule has 1 aliphatic heterocycles. The van der Waals surface area contributed by atoms with Crippen LogP contribution in [0.15, 0.2) is 30.3 Å². The van der Waals surface area contributed by atoms with Gasteiger partial charge in [0.25, 0.3) is 5.91 Å². The fraction of sp³-hybridized carbons (Fsp3) is 0.526. The monoisotopic (exact) mass is 344 g/mol. The van der Waals surface area contributed by atoms with Crippen LogP contribution in [0, 0.1) is 0 Å². The topological polar surface area (TPSA) is 75.7 Å². The molecular formula is C19H24N2O4. The maximum absolute atomic E-state index is 12.7. The Bertz CT molecular complexity index is 640. The van der Waals surface area contributed by atoms with Crippen LogP contribution in [0.1, 0.15) is 57.1 Å².